The lowest BCUT2D eigenvalue weighted by Crippen LogP contribution is -2.62. The molecule has 4 fully saturated rings. The number of aliphatic hydroxyl groups is 1. The van der Waals surface area contributed by atoms with Gasteiger partial charge in [0.05, 0.1) is 11.3 Å². The summed E-state index contributed by atoms with van der Waals surface area (Å²) in [4.78, 5) is 18.9. The predicted molar refractivity (Wildman–Crippen MR) is 105 cm³/mol. The second-order valence-corrected chi connectivity index (χ2v) is 10.6. The van der Waals surface area contributed by atoms with Crippen LogP contribution in [0.3, 0.4) is 0 Å². The molecule has 164 valence electrons. The van der Waals surface area contributed by atoms with Crippen LogP contribution in [0, 0.1) is 11.3 Å². The Balaban J connectivity index is 1.18. The van der Waals surface area contributed by atoms with Crippen LogP contribution in [0.4, 0.5) is 13.2 Å². The smallest absolute Gasteiger partial charge is 0.390 e. The van der Waals surface area contributed by atoms with Gasteiger partial charge in [-0.2, -0.15) is 13.2 Å². The molecule has 1 saturated heterocycles. The summed E-state index contributed by atoms with van der Waals surface area (Å²) in [6, 6.07) is 5.13. The van der Waals surface area contributed by atoms with E-state index in [4.69, 9.17) is 0 Å². The average molecular weight is 422 g/mol. The first-order valence-electron chi connectivity index (χ1n) is 11.1. The number of pyridine rings is 1. The second kappa shape index (κ2) is 6.44. The van der Waals surface area contributed by atoms with Crippen LogP contribution in [-0.4, -0.2) is 45.8 Å². The Morgan fingerprint density at radius 3 is 2.30 bits per heavy atom. The van der Waals surface area contributed by atoms with Crippen LogP contribution in [0.15, 0.2) is 18.2 Å². The molecular formula is C23H29F3N2O2. The monoisotopic (exact) mass is 422 g/mol. The van der Waals surface area contributed by atoms with E-state index in [1.807, 2.05) is 11.0 Å². The molecule has 3 aliphatic carbocycles. The van der Waals surface area contributed by atoms with E-state index >= 15 is 0 Å². The van der Waals surface area contributed by atoms with E-state index in [0.29, 0.717) is 12.8 Å². The van der Waals surface area contributed by atoms with Crippen molar-refractivity contribution in [1.82, 2.24) is 9.88 Å². The van der Waals surface area contributed by atoms with Crippen molar-refractivity contribution in [3.05, 3.63) is 29.6 Å². The number of halogens is 3. The fourth-order valence-electron chi connectivity index (χ4n) is 5.95. The molecule has 3 saturated carbocycles. The molecule has 4 aliphatic rings. The van der Waals surface area contributed by atoms with Gasteiger partial charge in [0.2, 0.25) is 5.91 Å². The Morgan fingerprint density at radius 2 is 1.77 bits per heavy atom. The van der Waals surface area contributed by atoms with E-state index in [2.05, 4.69) is 4.98 Å². The van der Waals surface area contributed by atoms with E-state index in [-0.39, 0.29) is 41.7 Å². The van der Waals surface area contributed by atoms with Crippen LogP contribution >= 0.6 is 0 Å². The normalized spacial score (nSPS) is 32.4. The van der Waals surface area contributed by atoms with Crippen LogP contribution in [-0.2, 0) is 10.2 Å². The topological polar surface area (TPSA) is 53.4 Å². The Bertz CT molecular complexity index is 838. The lowest BCUT2D eigenvalue weighted by molar-refractivity contribution is -0.163. The van der Waals surface area contributed by atoms with Crippen molar-refractivity contribution in [2.24, 2.45) is 11.3 Å². The molecule has 4 nitrogen and oxygen atoms in total. The fraction of sp³-hybridized carbons (Fsp3) is 0.739. The van der Waals surface area contributed by atoms with Crippen molar-refractivity contribution in [3.8, 4) is 0 Å². The largest absolute Gasteiger partial charge is 0.399 e. The lowest BCUT2D eigenvalue weighted by Gasteiger charge is -2.55. The number of aromatic nitrogens is 1. The third-order valence-electron chi connectivity index (χ3n) is 8.10. The van der Waals surface area contributed by atoms with Crippen LogP contribution in [0.1, 0.15) is 75.6 Å². The zero-order chi connectivity index (χ0) is 21.4. The molecule has 1 aromatic rings. The highest BCUT2D eigenvalue weighted by Crippen LogP contribution is 2.58. The Kier molecular flexibility index (Phi) is 4.35. The molecule has 1 amide bonds. The molecular weight excluding hydrogens is 393 g/mol. The third kappa shape index (κ3) is 3.24. The molecule has 0 atom stereocenters. The van der Waals surface area contributed by atoms with Crippen LogP contribution < -0.4 is 0 Å². The summed E-state index contributed by atoms with van der Waals surface area (Å²) in [5, 5.41) is 9.86. The van der Waals surface area contributed by atoms with Crippen LogP contribution in [0.5, 0.6) is 0 Å². The van der Waals surface area contributed by atoms with Gasteiger partial charge in [-0.3, -0.25) is 9.78 Å². The van der Waals surface area contributed by atoms with Gasteiger partial charge in [-0.15, -0.1) is 0 Å². The summed E-state index contributed by atoms with van der Waals surface area (Å²) in [6.07, 6.45) is 0.955. The number of likely N-dealkylation sites (tertiary alicyclic amines) is 1. The minimum absolute atomic E-state index is 0.0380. The molecule has 0 radical (unpaired) electrons. The number of nitrogens with zero attached hydrogens (tertiary/aromatic N) is 2. The first kappa shape index (κ1) is 20.3. The molecule has 7 heteroatoms. The minimum atomic E-state index is -4.23. The molecule has 1 aliphatic heterocycles. The standard InChI is InChI=1S/C23H29F3N2O2/c1-20(30)11-16(12-20)19(29)28-13-21(14-28)7-5-15(6-8-21)17-3-2-4-18(27-17)22(9-10-22)23(24,25)26/h2-4,15-16,30H,5-14H2,1H3. The first-order chi connectivity index (χ1) is 14.0. The summed E-state index contributed by atoms with van der Waals surface area (Å²) < 4.78 is 40.4. The molecule has 1 aromatic heterocycles. The van der Waals surface area contributed by atoms with Gasteiger partial charge in [0.1, 0.15) is 5.41 Å². The van der Waals surface area contributed by atoms with E-state index in [1.165, 1.54) is 6.07 Å². The van der Waals surface area contributed by atoms with Gasteiger partial charge in [-0.25, -0.2) is 0 Å². The Morgan fingerprint density at radius 1 is 1.13 bits per heavy atom. The van der Waals surface area contributed by atoms with E-state index in [1.54, 1.807) is 13.0 Å². The Labute approximate surface area is 174 Å². The van der Waals surface area contributed by atoms with Crippen LogP contribution in [0.25, 0.3) is 0 Å². The highest BCUT2D eigenvalue weighted by Gasteiger charge is 2.65. The highest BCUT2D eigenvalue weighted by atomic mass is 19.4. The predicted octanol–water partition coefficient (Wildman–Crippen LogP) is 4.32. The number of hydrogen-bond donors (Lipinski definition) is 1. The average Bonchev–Trinajstić information content (AvgIpc) is 3.46. The third-order valence-corrected chi connectivity index (χ3v) is 8.10. The van der Waals surface area contributed by atoms with Gasteiger partial charge >= 0.3 is 6.18 Å². The van der Waals surface area contributed by atoms with E-state index in [0.717, 1.165) is 44.5 Å². The summed E-state index contributed by atoms with van der Waals surface area (Å²) in [7, 11) is 0. The number of carbonyl (C=O) groups is 1. The molecule has 2 heterocycles. The number of alkyl halides is 3. The maximum Gasteiger partial charge on any atom is 0.399 e. The summed E-state index contributed by atoms with van der Waals surface area (Å²) in [5.74, 6) is 0.334. The zero-order valence-corrected chi connectivity index (χ0v) is 17.3. The number of rotatable bonds is 3. The minimum Gasteiger partial charge on any atom is -0.390 e. The Hall–Kier alpha value is -1.63. The molecule has 0 unspecified atom stereocenters. The van der Waals surface area contributed by atoms with Crippen molar-refractivity contribution in [1.29, 1.82) is 0 Å². The van der Waals surface area contributed by atoms with Crippen LogP contribution in [0.2, 0.25) is 0 Å². The van der Waals surface area contributed by atoms with Crippen molar-refractivity contribution >= 4 is 5.91 Å². The van der Waals surface area contributed by atoms with Crippen molar-refractivity contribution in [2.45, 2.75) is 81.4 Å². The maximum absolute atomic E-state index is 13.5. The van der Waals surface area contributed by atoms with Gasteiger partial charge in [0.25, 0.3) is 0 Å². The quantitative estimate of drug-likeness (QED) is 0.789. The number of amides is 1. The van der Waals surface area contributed by atoms with Gasteiger partial charge in [0, 0.05) is 36.0 Å². The number of carbonyl (C=O) groups excluding carboxylic acids is 1. The van der Waals surface area contributed by atoms with Gasteiger partial charge in [-0.05, 0) is 70.4 Å². The lowest BCUT2D eigenvalue weighted by atomic mass is 9.64. The van der Waals surface area contributed by atoms with E-state index < -0.39 is 17.2 Å². The molecule has 1 spiro atoms. The van der Waals surface area contributed by atoms with Crippen molar-refractivity contribution in [2.75, 3.05) is 13.1 Å². The number of hydrogen-bond acceptors (Lipinski definition) is 3. The first-order valence-corrected chi connectivity index (χ1v) is 11.1. The fourth-order valence-corrected chi connectivity index (χ4v) is 5.95. The van der Waals surface area contributed by atoms with E-state index in [9.17, 15) is 23.1 Å². The zero-order valence-electron chi connectivity index (χ0n) is 17.3. The van der Waals surface area contributed by atoms with Crippen molar-refractivity contribution < 1.29 is 23.1 Å². The second-order valence-electron chi connectivity index (χ2n) is 10.6. The summed E-state index contributed by atoms with van der Waals surface area (Å²) in [5.41, 5.74) is -1.26. The summed E-state index contributed by atoms with van der Waals surface area (Å²) in [6.45, 7) is 3.34. The molecule has 5 rings (SSSR count). The SMILES string of the molecule is CC1(O)CC(C(=O)N2CC3(CCC(c4cccc(C5(C(F)(F)F)CC5)n4)CC3)C2)C1. The highest BCUT2D eigenvalue weighted by molar-refractivity contribution is 5.81. The summed E-state index contributed by atoms with van der Waals surface area (Å²) >= 11 is 0. The molecule has 30 heavy (non-hydrogen) atoms. The molecule has 0 bridgehead atoms. The maximum atomic E-state index is 13.5. The van der Waals surface area contributed by atoms with Gasteiger partial charge in [-0.1, -0.05) is 6.07 Å². The molecule has 1 N–H and O–H groups in total. The van der Waals surface area contributed by atoms with Gasteiger partial charge in [0.15, 0.2) is 0 Å². The van der Waals surface area contributed by atoms with Gasteiger partial charge < -0.3 is 10.0 Å². The van der Waals surface area contributed by atoms with Crippen molar-refractivity contribution in [3.63, 3.8) is 0 Å². The molecule has 0 aromatic carbocycles.